The Morgan fingerprint density at radius 1 is 0.967 bits per heavy atom. The molecule has 7 heteroatoms. The molecule has 0 saturated heterocycles. The number of rotatable bonds is 7. The van der Waals surface area contributed by atoms with Crippen molar-refractivity contribution in [3.05, 3.63) is 100 Å². The summed E-state index contributed by atoms with van der Waals surface area (Å²) in [7, 11) is 0. The molecule has 150 valence electrons. The van der Waals surface area contributed by atoms with Gasteiger partial charge in [-0.05, 0) is 47.3 Å². The molecule has 2 heterocycles. The van der Waals surface area contributed by atoms with Crippen molar-refractivity contribution in [2.75, 3.05) is 5.32 Å². The molecule has 4 rings (SSSR count). The van der Waals surface area contributed by atoms with Crippen LogP contribution in [0, 0.1) is 0 Å². The van der Waals surface area contributed by atoms with Gasteiger partial charge in [0.05, 0.1) is 4.88 Å². The van der Waals surface area contributed by atoms with Crippen LogP contribution in [0.5, 0.6) is 5.75 Å². The van der Waals surface area contributed by atoms with E-state index in [1.54, 1.807) is 30.3 Å². The molecule has 0 aliphatic heterocycles. The summed E-state index contributed by atoms with van der Waals surface area (Å²) < 4.78 is 6.91. The van der Waals surface area contributed by atoms with E-state index in [1.807, 2.05) is 47.8 Å². The van der Waals surface area contributed by atoms with Crippen LogP contribution >= 0.6 is 11.3 Å². The van der Waals surface area contributed by atoms with Crippen LogP contribution in [0.25, 0.3) is 10.6 Å². The zero-order chi connectivity index (χ0) is 20.8. The summed E-state index contributed by atoms with van der Waals surface area (Å²) in [6.45, 7) is 0.312. The maximum Gasteiger partial charge on any atom is 0.267 e. The average Bonchev–Trinajstić information content (AvgIpc) is 3.30. The fraction of sp³-hybridized carbons (Fsp3) is 0.0870. The predicted octanol–water partition coefficient (Wildman–Crippen LogP) is 4.19. The Bertz CT molecular complexity index is 1170. The molecule has 0 spiro atoms. The smallest absolute Gasteiger partial charge is 0.267 e. The fourth-order valence-corrected chi connectivity index (χ4v) is 3.52. The average molecular weight is 417 g/mol. The van der Waals surface area contributed by atoms with Crippen molar-refractivity contribution in [1.29, 1.82) is 0 Å². The van der Waals surface area contributed by atoms with Crippen LogP contribution in [0.1, 0.15) is 5.56 Å². The fourth-order valence-electron chi connectivity index (χ4n) is 2.83. The van der Waals surface area contributed by atoms with Gasteiger partial charge in [-0.1, -0.05) is 36.4 Å². The minimum atomic E-state index is -0.328. The van der Waals surface area contributed by atoms with Gasteiger partial charge in [-0.25, -0.2) is 4.68 Å². The van der Waals surface area contributed by atoms with Gasteiger partial charge in [-0.3, -0.25) is 9.59 Å². The van der Waals surface area contributed by atoms with Crippen molar-refractivity contribution in [2.24, 2.45) is 0 Å². The number of benzene rings is 2. The maximum atomic E-state index is 12.4. The number of carbonyl (C=O) groups is 1. The minimum absolute atomic E-state index is 0.162. The SMILES string of the molecule is O=C(Cn1nc(-c2cccs2)ccc1=O)Nc1ccc(OCc2ccccc2)cc1. The molecule has 30 heavy (non-hydrogen) atoms. The summed E-state index contributed by atoms with van der Waals surface area (Å²) in [5.41, 5.74) is 2.04. The lowest BCUT2D eigenvalue weighted by molar-refractivity contribution is -0.117. The molecule has 0 aliphatic carbocycles. The van der Waals surface area contributed by atoms with E-state index in [4.69, 9.17) is 4.74 Å². The normalized spacial score (nSPS) is 10.5. The van der Waals surface area contributed by atoms with Gasteiger partial charge in [0.1, 0.15) is 24.6 Å². The van der Waals surface area contributed by atoms with Gasteiger partial charge in [-0.15, -0.1) is 11.3 Å². The zero-order valence-electron chi connectivity index (χ0n) is 16.0. The Labute approximate surface area is 177 Å². The lowest BCUT2D eigenvalue weighted by atomic mass is 10.2. The molecule has 1 amide bonds. The number of hydrogen-bond donors (Lipinski definition) is 1. The first-order valence-corrected chi connectivity index (χ1v) is 10.2. The van der Waals surface area contributed by atoms with Gasteiger partial charge in [-0.2, -0.15) is 5.10 Å². The molecule has 2 aromatic heterocycles. The molecule has 0 unspecified atom stereocenters. The van der Waals surface area contributed by atoms with E-state index in [0.29, 0.717) is 23.7 Å². The summed E-state index contributed by atoms with van der Waals surface area (Å²) in [4.78, 5) is 25.4. The number of nitrogens with one attached hydrogen (secondary N) is 1. The predicted molar refractivity (Wildman–Crippen MR) is 118 cm³/mol. The standard InChI is InChI=1S/C23H19N3O3S/c27-22(15-26-23(28)13-12-20(25-26)21-7-4-14-30-21)24-18-8-10-19(11-9-18)29-16-17-5-2-1-3-6-17/h1-14H,15-16H2,(H,24,27). The molecule has 6 nitrogen and oxygen atoms in total. The number of ether oxygens (including phenoxy) is 1. The number of thiophene rings is 1. The molecule has 0 radical (unpaired) electrons. The van der Waals surface area contributed by atoms with Crippen LogP contribution in [0.15, 0.2) is 89.0 Å². The first kappa shape index (κ1) is 19.6. The first-order valence-electron chi connectivity index (χ1n) is 9.36. The van der Waals surface area contributed by atoms with E-state index in [0.717, 1.165) is 10.4 Å². The van der Waals surface area contributed by atoms with Crippen molar-refractivity contribution in [1.82, 2.24) is 9.78 Å². The van der Waals surface area contributed by atoms with Crippen molar-refractivity contribution in [3.8, 4) is 16.3 Å². The molecular weight excluding hydrogens is 398 g/mol. The highest BCUT2D eigenvalue weighted by Crippen LogP contribution is 2.21. The first-order chi connectivity index (χ1) is 14.7. The van der Waals surface area contributed by atoms with E-state index >= 15 is 0 Å². The molecule has 0 aliphatic rings. The van der Waals surface area contributed by atoms with Gasteiger partial charge >= 0.3 is 0 Å². The van der Waals surface area contributed by atoms with Crippen LogP contribution in [-0.2, 0) is 17.9 Å². The molecule has 0 fully saturated rings. The zero-order valence-corrected chi connectivity index (χ0v) is 16.8. The highest BCUT2D eigenvalue weighted by atomic mass is 32.1. The van der Waals surface area contributed by atoms with E-state index in [9.17, 15) is 9.59 Å². The number of hydrogen-bond acceptors (Lipinski definition) is 5. The quantitative estimate of drug-likeness (QED) is 0.489. The van der Waals surface area contributed by atoms with Gasteiger partial charge in [0.15, 0.2) is 0 Å². The monoisotopic (exact) mass is 417 g/mol. The van der Waals surface area contributed by atoms with Crippen LogP contribution in [-0.4, -0.2) is 15.7 Å². The van der Waals surface area contributed by atoms with Gasteiger partial charge in [0.2, 0.25) is 5.91 Å². The van der Waals surface area contributed by atoms with E-state index in [2.05, 4.69) is 10.4 Å². The van der Waals surface area contributed by atoms with Gasteiger partial charge in [0, 0.05) is 11.8 Å². The largest absolute Gasteiger partial charge is 0.489 e. The van der Waals surface area contributed by atoms with Gasteiger partial charge < -0.3 is 10.1 Å². The molecule has 1 N–H and O–H groups in total. The lowest BCUT2D eigenvalue weighted by Crippen LogP contribution is -2.29. The summed E-state index contributed by atoms with van der Waals surface area (Å²) in [6.07, 6.45) is 0. The Hall–Kier alpha value is -3.71. The van der Waals surface area contributed by atoms with Crippen LogP contribution in [0.3, 0.4) is 0 Å². The highest BCUT2D eigenvalue weighted by Gasteiger charge is 2.09. The number of anilines is 1. The third-order valence-corrected chi connectivity index (χ3v) is 5.21. The van der Waals surface area contributed by atoms with E-state index in [-0.39, 0.29) is 18.0 Å². The third-order valence-electron chi connectivity index (χ3n) is 4.32. The summed E-state index contributed by atoms with van der Waals surface area (Å²) in [5, 5.41) is 9.02. The molecule has 0 atom stereocenters. The van der Waals surface area contributed by atoms with Crippen LogP contribution in [0.2, 0.25) is 0 Å². The Balaban J connectivity index is 1.36. The van der Waals surface area contributed by atoms with Gasteiger partial charge in [0.25, 0.3) is 5.56 Å². The molecule has 0 saturated carbocycles. The van der Waals surface area contributed by atoms with Crippen LogP contribution in [0.4, 0.5) is 5.69 Å². The Morgan fingerprint density at radius 3 is 2.50 bits per heavy atom. The highest BCUT2D eigenvalue weighted by molar-refractivity contribution is 7.13. The Morgan fingerprint density at radius 2 is 1.77 bits per heavy atom. The van der Waals surface area contributed by atoms with E-state index in [1.165, 1.54) is 22.1 Å². The number of amides is 1. The summed E-state index contributed by atoms with van der Waals surface area (Å²) in [5.74, 6) is 0.379. The molecule has 2 aromatic carbocycles. The van der Waals surface area contributed by atoms with Crippen molar-refractivity contribution in [2.45, 2.75) is 13.2 Å². The number of carbonyl (C=O) groups excluding carboxylic acids is 1. The summed E-state index contributed by atoms with van der Waals surface area (Å²) >= 11 is 1.53. The minimum Gasteiger partial charge on any atom is -0.489 e. The number of aromatic nitrogens is 2. The third kappa shape index (κ3) is 5.01. The molecule has 0 bridgehead atoms. The second-order valence-electron chi connectivity index (χ2n) is 6.54. The van der Waals surface area contributed by atoms with Crippen LogP contribution < -0.4 is 15.6 Å². The van der Waals surface area contributed by atoms with Crippen molar-refractivity contribution in [3.63, 3.8) is 0 Å². The lowest BCUT2D eigenvalue weighted by Gasteiger charge is -2.09. The van der Waals surface area contributed by atoms with Crippen molar-refractivity contribution >= 4 is 22.9 Å². The Kier molecular flexibility index (Phi) is 6.01. The molecule has 4 aromatic rings. The second-order valence-corrected chi connectivity index (χ2v) is 7.49. The maximum absolute atomic E-state index is 12.4. The topological polar surface area (TPSA) is 73.2 Å². The number of nitrogens with zero attached hydrogens (tertiary/aromatic N) is 2. The van der Waals surface area contributed by atoms with E-state index < -0.39 is 0 Å². The van der Waals surface area contributed by atoms with Crippen molar-refractivity contribution < 1.29 is 9.53 Å². The molecular formula is C23H19N3O3S. The summed E-state index contributed by atoms with van der Waals surface area (Å²) in [6, 6.07) is 23.9. The second kappa shape index (κ2) is 9.19.